The number of rotatable bonds is 4. The lowest BCUT2D eigenvalue weighted by molar-refractivity contribution is 1.35. The van der Waals surface area contributed by atoms with Gasteiger partial charge in [0, 0.05) is 5.56 Å². The van der Waals surface area contributed by atoms with Crippen LogP contribution in [0, 0.1) is 11.3 Å². The van der Waals surface area contributed by atoms with Crippen LogP contribution in [0.5, 0.6) is 0 Å². The van der Waals surface area contributed by atoms with Crippen molar-refractivity contribution in [1.82, 2.24) is 0 Å². The summed E-state index contributed by atoms with van der Waals surface area (Å²) in [5.74, 6) is 0. The van der Waals surface area contributed by atoms with Gasteiger partial charge in [0.25, 0.3) is 0 Å². The highest BCUT2D eigenvalue weighted by molar-refractivity contribution is 5.90. The molecule has 3 heteroatoms. The van der Waals surface area contributed by atoms with Gasteiger partial charge >= 0.3 is 0 Å². The number of nitrogens with one attached hydrogen (secondary N) is 1. The molecule has 3 nitrogen and oxygen atoms in total. The largest absolute Gasteiger partial charge is 0.279 e. The molecule has 0 atom stereocenters. The van der Waals surface area contributed by atoms with Crippen LogP contribution < -0.4 is 5.43 Å². The predicted molar refractivity (Wildman–Crippen MR) is 94.3 cm³/mol. The number of nitrogens with zero attached hydrogens (tertiary/aromatic N) is 2. The highest BCUT2D eigenvalue weighted by atomic mass is 15.3. The van der Waals surface area contributed by atoms with E-state index >= 15 is 0 Å². The standard InChI is InChI=1S/C20H15N3/c21-14-16-7-6-9-17(13-16)20-12-5-4-8-18(20)15-22-23-19-10-2-1-3-11-19/h1-13,15,23H. The van der Waals surface area contributed by atoms with E-state index in [1.165, 1.54) is 0 Å². The fourth-order valence-corrected chi connectivity index (χ4v) is 2.32. The molecule has 0 unspecified atom stereocenters. The number of benzene rings is 3. The predicted octanol–water partition coefficient (Wildman–Crippen LogP) is 4.67. The van der Waals surface area contributed by atoms with Crippen LogP contribution in [-0.4, -0.2) is 6.21 Å². The molecule has 0 fully saturated rings. The highest BCUT2D eigenvalue weighted by Gasteiger charge is 2.03. The molecule has 0 saturated carbocycles. The first-order valence-corrected chi connectivity index (χ1v) is 7.30. The molecule has 0 spiro atoms. The second kappa shape index (κ2) is 7.06. The van der Waals surface area contributed by atoms with E-state index in [9.17, 15) is 0 Å². The Morgan fingerprint density at radius 2 is 1.65 bits per heavy atom. The van der Waals surface area contributed by atoms with Gasteiger partial charge in [-0.05, 0) is 35.4 Å². The molecule has 3 aromatic carbocycles. The van der Waals surface area contributed by atoms with Crippen LogP contribution >= 0.6 is 0 Å². The maximum absolute atomic E-state index is 9.06. The van der Waals surface area contributed by atoms with E-state index in [4.69, 9.17) is 5.26 Å². The van der Waals surface area contributed by atoms with Gasteiger partial charge in [-0.1, -0.05) is 54.6 Å². The number of hydrogen-bond donors (Lipinski definition) is 1. The summed E-state index contributed by atoms with van der Waals surface area (Å²) in [6.45, 7) is 0. The van der Waals surface area contributed by atoms with Gasteiger partial charge in [0.2, 0.25) is 0 Å². The normalized spacial score (nSPS) is 10.4. The Morgan fingerprint density at radius 3 is 2.48 bits per heavy atom. The second-order valence-electron chi connectivity index (χ2n) is 5.02. The smallest absolute Gasteiger partial charge is 0.0991 e. The van der Waals surface area contributed by atoms with Crippen LogP contribution in [0.1, 0.15) is 11.1 Å². The number of hydrogen-bond acceptors (Lipinski definition) is 3. The van der Waals surface area contributed by atoms with Gasteiger partial charge < -0.3 is 0 Å². The average Bonchev–Trinajstić information content (AvgIpc) is 2.63. The SMILES string of the molecule is N#Cc1cccc(-c2ccccc2C=NNc2ccccc2)c1. The lowest BCUT2D eigenvalue weighted by atomic mass is 9.99. The Balaban J connectivity index is 1.87. The Kier molecular flexibility index (Phi) is 4.47. The van der Waals surface area contributed by atoms with Crippen LogP contribution in [0.2, 0.25) is 0 Å². The van der Waals surface area contributed by atoms with Crippen molar-refractivity contribution >= 4 is 11.9 Å². The number of para-hydroxylation sites is 1. The van der Waals surface area contributed by atoms with Crippen molar-refractivity contribution < 1.29 is 0 Å². The van der Waals surface area contributed by atoms with Gasteiger partial charge in [0.05, 0.1) is 23.5 Å². The summed E-state index contributed by atoms with van der Waals surface area (Å²) in [6, 6.07) is 27.5. The van der Waals surface area contributed by atoms with E-state index in [1.54, 1.807) is 12.3 Å². The Bertz CT molecular complexity index is 861. The number of hydrazone groups is 1. The topological polar surface area (TPSA) is 48.2 Å². The van der Waals surface area contributed by atoms with Crippen LogP contribution in [0.3, 0.4) is 0 Å². The minimum atomic E-state index is 0.650. The Morgan fingerprint density at radius 1 is 0.870 bits per heavy atom. The van der Waals surface area contributed by atoms with Crippen LogP contribution in [0.4, 0.5) is 5.69 Å². The Labute approximate surface area is 135 Å². The van der Waals surface area contributed by atoms with Crippen molar-refractivity contribution in [3.05, 3.63) is 90.0 Å². The molecule has 0 radical (unpaired) electrons. The molecule has 0 aliphatic heterocycles. The highest BCUT2D eigenvalue weighted by Crippen LogP contribution is 2.23. The molecule has 23 heavy (non-hydrogen) atoms. The third kappa shape index (κ3) is 3.63. The van der Waals surface area contributed by atoms with Crippen LogP contribution in [0.15, 0.2) is 84.0 Å². The van der Waals surface area contributed by atoms with E-state index in [1.807, 2.05) is 72.8 Å². The van der Waals surface area contributed by atoms with Gasteiger partial charge in [-0.25, -0.2) is 0 Å². The van der Waals surface area contributed by atoms with Crippen molar-refractivity contribution in [2.24, 2.45) is 5.10 Å². The first-order chi connectivity index (χ1) is 11.4. The lowest BCUT2D eigenvalue weighted by Gasteiger charge is -2.06. The van der Waals surface area contributed by atoms with Crippen molar-refractivity contribution in [1.29, 1.82) is 5.26 Å². The van der Waals surface area contributed by atoms with Crippen molar-refractivity contribution in [2.45, 2.75) is 0 Å². The Hall–Kier alpha value is -3.38. The quantitative estimate of drug-likeness (QED) is 0.562. The third-order valence-electron chi connectivity index (χ3n) is 3.43. The molecule has 0 aliphatic rings. The molecule has 0 bridgehead atoms. The lowest BCUT2D eigenvalue weighted by Crippen LogP contribution is -1.93. The molecule has 0 heterocycles. The molecule has 1 N–H and O–H groups in total. The third-order valence-corrected chi connectivity index (χ3v) is 3.43. The van der Waals surface area contributed by atoms with E-state index < -0.39 is 0 Å². The van der Waals surface area contributed by atoms with Gasteiger partial charge in [-0.15, -0.1) is 0 Å². The maximum atomic E-state index is 9.06. The summed E-state index contributed by atoms with van der Waals surface area (Å²) < 4.78 is 0. The van der Waals surface area contributed by atoms with Crippen LogP contribution in [0.25, 0.3) is 11.1 Å². The van der Waals surface area contributed by atoms with Crippen LogP contribution in [-0.2, 0) is 0 Å². The second-order valence-corrected chi connectivity index (χ2v) is 5.02. The van der Waals surface area contributed by atoms with Crippen molar-refractivity contribution in [3.8, 4) is 17.2 Å². The molecular weight excluding hydrogens is 282 g/mol. The fourth-order valence-electron chi connectivity index (χ4n) is 2.32. The summed E-state index contributed by atoms with van der Waals surface area (Å²) in [5, 5.41) is 13.4. The summed E-state index contributed by atoms with van der Waals surface area (Å²) in [7, 11) is 0. The summed E-state index contributed by atoms with van der Waals surface area (Å²) in [6.07, 6.45) is 1.79. The molecule has 0 saturated heterocycles. The van der Waals surface area contributed by atoms with E-state index in [0.29, 0.717) is 5.56 Å². The van der Waals surface area contributed by atoms with Gasteiger partial charge in [-0.2, -0.15) is 10.4 Å². The zero-order valence-electron chi connectivity index (χ0n) is 12.5. The summed E-state index contributed by atoms with van der Waals surface area (Å²) >= 11 is 0. The van der Waals surface area contributed by atoms with Gasteiger partial charge in [0.1, 0.15) is 0 Å². The zero-order valence-corrected chi connectivity index (χ0v) is 12.5. The minimum absolute atomic E-state index is 0.650. The van der Waals surface area contributed by atoms with E-state index in [0.717, 1.165) is 22.4 Å². The fraction of sp³-hybridized carbons (Fsp3) is 0. The molecule has 3 rings (SSSR count). The number of anilines is 1. The molecule has 0 aromatic heterocycles. The molecule has 0 aliphatic carbocycles. The zero-order chi connectivity index (χ0) is 15.9. The molecule has 3 aromatic rings. The minimum Gasteiger partial charge on any atom is -0.279 e. The first kappa shape index (κ1) is 14.6. The first-order valence-electron chi connectivity index (χ1n) is 7.30. The van der Waals surface area contributed by atoms with E-state index in [2.05, 4.69) is 16.6 Å². The van der Waals surface area contributed by atoms with Gasteiger partial charge in [0.15, 0.2) is 0 Å². The number of nitriles is 1. The monoisotopic (exact) mass is 297 g/mol. The van der Waals surface area contributed by atoms with Gasteiger partial charge in [-0.3, -0.25) is 5.43 Å². The molecule has 110 valence electrons. The summed E-state index contributed by atoms with van der Waals surface area (Å²) in [5.41, 5.74) is 7.64. The van der Waals surface area contributed by atoms with Crippen molar-refractivity contribution in [2.75, 3.05) is 5.43 Å². The van der Waals surface area contributed by atoms with Crippen molar-refractivity contribution in [3.63, 3.8) is 0 Å². The molecule has 0 amide bonds. The average molecular weight is 297 g/mol. The maximum Gasteiger partial charge on any atom is 0.0991 e. The molecular formula is C20H15N3. The summed E-state index contributed by atoms with van der Waals surface area (Å²) in [4.78, 5) is 0. The van der Waals surface area contributed by atoms with E-state index in [-0.39, 0.29) is 0 Å².